The molecule has 1 saturated heterocycles. The van der Waals surface area contributed by atoms with E-state index in [4.69, 9.17) is 0 Å². The number of rotatable bonds is 8. The van der Waals surface area contributed by atoms with Crippen molar-refractivity contribution in [2.24, 2.45) is 4.99 Å². The molecular weight excluding hydrogens is 292 g/mol. The fraction of sp³-hybridized carbons (Fsp3) is 0.688. The smallest absolute Gasteiger partial charge is 0.222 e. The van der Waals surface area contributed by atoms with Crippen molar-refractivity contribution >= 4 is 11.9 Å². The number of likely N-dealkylation sites (tertiary alicyclic amines) is 1. The fourth-order valence-corrected chi connectivity index (χ4v) is 2.61. The SMILES string of the molecule is CCNC(=NCCCN1CCCC1=O)NCCn1cc(C)cn1. The van der Waals surface area contributed by atoms with Crippen molar-refractivity contribution in [2.45, 2.75) is 39.7 Å². The number of carbonyl (C=O) groups is 1. The molecule has 128 valence electrons. The highest BCUT2D eigenvalue weighted by molar-refractivity contribution is 5.79. The molecule has 7 heteroatoms. The molecule has 0 saturated carbocycles. The fourth-order valence-electron chi connectivity index (χ4n) is 2.61. The van der Waals surface area contributed by atoms with Gasteiger partial charge in [0.05, 0.1) is 12.7 Å². The molecule has 23 heavy (non-hydrogen) atoms. The minimum absolute atomic E-state index is 0.286. The third-order valence-corrected chi connectivity index (χ3v) is 3.77. The number of aryl methyl sites for hydroxylation is 1. The number of aliphatic imine (C=N–C) groups is 1. The summed E-state index contributed by atoms with van der Waals surface area (Å²) in [5, 5.41) is 10.8. The van der Waals surface area contributed by atoms with Gasteiger partial charge in [-0.2, -0.15) is 5.10 Å². The Morgan fingerprint density at radius 3 is 2.91 bits per heavy atom. The molecule has 2 rings (SSSR count). The van der Waals surface area contributed by atoms with E-state index in [0.29, 0.717) is 6.42 Å². The highest BCUT2D eigenvalue weighted by Gasteiger charge is 2.18. The zero-order valence-corrected chi connectivity index (χ0v) is 14.2. The normalized spacial score (nSPS) is 15.3. The second-order valence-corrected chi connectivity index (χ2v) is 5.81. The van der Waals surface area contributed by atoms with Crippen molar-refractivity contribution in [2.75, 3.05) is 32.7 Å². The largest absolute Gasteiger partial charge is 0.357 e. The lowest BCUT2D eigenvalue weighted by atomic mass is 10.4. The standard InChI is InChI=1S/C16H28N6O/c1-3-17-16(19-8-11-22-13-14(2)12-20-22)18-7-5-10-21-9-4-6-15(21)23/h12-13H,3-11H2,1-2H3,(H2,17,18,19). The summed E-state index contributed by atoms with van der Waals surface area (Å²) in [6.07, 6.45) is 6.50. The van der Waals surface area contributed by atoms with Crippen LogP contribution in [-0.2, 0) is 11.3 Å². The van der Waals surface area contributed by atoms with Gasteiger partial charge in [0.15, 0.2) is 5.96 Å². The van der Waals surface area contributed by atoms with E-state index in [1.54, 1.807) is 0 Å². The van der Waals surface area contributed by atoms with Gasteiger partial charge in [-0.3, -0.25) is 14.5 Å². The molecule has 2 heterocycles. The van der Waals surface area contributed by atoms with Gasteiger partial charge in [0.2, 0.25) is 5.91 Å². The van der Waals surface area contributed by atoms with E-state index in [1.165, 1.54) is 5.56 Å². The predicted octanol–water partition coefficient (Wildman–Crippen LogP) is 0.759. The molecule has 0 spiro atoms. The maximum Gasteiger partial charge on any atom is 0.222 e. The van der Waals surface area contributed by atoms with E-state index in [9.17, 15) is 4.79 Å². The Morgan fingerprint density at radius 2 is 2.26 bits per heavy atom. The number of nitrogens with zero attached hydrogens (tertiary/aromatic N) is 4. The number of nitrogens with one attached hydrogen (secondary N) is 2. The molecule has 1 aromatic rings. The van der Waals surface area contributed by atoms with Crippen LogP contribution in [0.15, 0.2) is 17.4 Å². The van der Waals surface area contributed by atoms with Crippen molar-refractivity contribution < 1.29 is 4.79 Å². The first-order valence-electron chi connectivity index (χ1n) is 8.48. The summed E-state index contributed by atoms with van der Waals surface area (Å²) in [5.41, 5.74) is 1.17. The highest BCUT2D eigenvalue weighted by atomic mass is 16.2. The van der Waals surface area contributed by atoms with Crippen molar-refractivity contribution in [1.82, 2.24) is 25.3 Å². The topological polar surface area (TPSA) is 74.6 Å². The van der Waals surface area contributed by atoms with Gasteiger partial charge in [-0.05, 0) is 32.3 Å². The molecule has 0 aliphatic carbocycles. The van der Waals surface area contributed by atoms with E-state index < -0.39 is 0 Å². The lowest BCUT2D eigenvalue weighted by molar-refractivity contribution is -0.127. The quantitative estimate of drug-likeness (QED) is 0.421. The van der Waals surface area contributed by atoms with Crippen LogP contribution >= 0.6 is 0 Å². The van der Waals surface area contributed by atoms with E-state index in [-0.39, 0.29) is 5.91 Å². The van der Waals surface area contributed by atoms with Crippen molar-refractivity contribution in [3.8, 4) is 0 Å². The van der Waals surface area contributed by atoms with Crippen LogP contribution in [-0.4, -0.2) is 59.3 Å². The van der Waals surface area contributed by atoms with Crippen LogP contribution in [0, 0.1) is 6.92 Å². The number of hydrogen-bond acceptors (Lipinski definition) is 3. The first-order chi connectivity index (χ1) is 11.2. The summed E-state index contributed by atoms with van der Waals surface area (Å²) in [6.45, 7) is 8.94. The summed E-state index contributed by atoms with van der Waals surface area (Å²) in [5.74, 6) is 1.11. The van der Waals surface area contributed by atoms with Gasteiger partial charge in [0.1, 0.15) is 0 Å². The van der Waals surface area contributed by atoms with Gasteiger partial charge in [-0.15, -0.1) is 0 Å². The summed E-state index contributed by atoms with van der Waals surface area (Å²) in [4.78, 5) is 18.0. The summed E-state index contributed by atoms with van der Waals surface area (Å²) < 4.78 is 1.92. The number of hydrogen-bond donors (Lipinski definition) is 2. The van der Waals surface area contributed by atoms with Crippen LogP contribution in [0.4, 0.5) is 0 Å². The van der Waals surface area contributed by atoms with Crippen LogP contribution < -0.4 is 10.6 Å². The van der Waals surface area contributed by atoms with Crippen molar-refractivity contribution in [3.05, 3.63) is 18.0 Å². The Kier molecular flexibility index (Phi) is 6.90. The van der Waals surface area contributed by atoms with Crippen molar-refractivity contribution in [3.63, 3.8) is 0 Å². The van der Waals surface area contributed by atoms with Crippen LogP contribution in [0.3, 0.4) is 0 Å². The van der Waals surface area contributed by atoms with Gasteiger partial charge in [-0.25, -0.2) is 0 Å². The summed E-state index contributed by atoms with van der Waals surface area (Å²) in [6, 6.07) is 0. The molecule has 1 amide bonds. The van der Waals surface area contributed by atoms with Gasteiger partial charge in [0.25, 0.3) is 0 Å². The number of amides is 1. The Balaban J connectivity index is 1.67. The molecule has 7 nitrogen and oxygen atoms in total. The molecule has 1 aliphatic rings. The Hall–Kier alpha value is -2.05. The molecule has 0 atom stereocenters. The van der Waals surface area contributed by atoms with E-state index in [1.807, 2.05) is 28.9 Å². The molecule has 1 aliphatic heterocycles. The lowest BCUT2D eigenvalue weighted by Crippen LogP contribution is -2.39. The molecule has 0 radical (unpaired) electrons. The Morgan fingerprint density at radius 1 is 1.39 bits per heavy atom. The maximum atomic E-state index is 11.5. The predicted molar refractivity (Wildman–Crippen MR) is 91.4 cm³/mol. The first kappa shape index (κ1) is 17.3. The maximum absolute atomic E-state index is 11.5. The highest BCUT2D eigenvalue weighted by Crippen LogP contribution is 2.09. The Labute approximate surface area is 138 Å². The van der Waals surface area contributed by atoms with Crippen LogP contribution in [0.2, 0.25) is 0 Å². The van der Waals surface area contributed by atoms with E-state index in [2.05, 4.69) is 27.6 Å². The molecule has 0 aromatic carbocycles. The minimum Gasteiger partial charge on any atom is -0.357 e. The van der Waals surface area contributed by atoms with Crippen LogP contribution in [0.5, 0.6) is 0 Å². The van der Waals surface area contributed by atoms with Crippen LogP contribution in [0.25, 0.3) is 0 Å². The van der Waals surface area contributed by atoms with Gasteiger partial charge in [-0.1, -0.05) is 0 Å². The second kappa shape index (κ2) is 9.17. The second-order valence-electron chi connectivity index (χ2n) is 5.81. The lowest BCUT2D eigenvalue weighted by Gasteiger charge is -2.15. The molecule has 0 unspecified atom stereocenters. The zero-order valence-electron chi connectivity index (χ0n) is 14.2. The first-order valence-corrected chi connectivity index (χ1v) is 8.48. The summed E-state index contributed by atoms with van der Waals surface area (Å²) >= 11 is 0. The number of aromatic nitrogens is 2. The van der Waals surface area contributed by atoms with Gasteiger partial charge in [0, 0.05) is 45.3 Å². The van der Waals surface area contributed by atoms with E-state index >= 15 is 0 Å². The molecular formula is C16H28N6O. The average molecular weight is 320 g/mol. The Bertz CT molecular complexity index is 524. The molecule has 1 aromatic heterocycles. The monoisotopic (exact) mass is 320 g/mol. The van der Waals surface area contributed by atoms with Crippen molar-refractivity contribution in [1.29, 1.82) is 0 Å². The molecule has 1 fully saturated rings. The third-order valence-electron chi connectivity index (χ3n) is 3.77. The molecule has 2 N–H and O–H groups in total. The average Bonchev–Trinajstić information content (AvgIpc) is 3.12. The third kappa shape index (κ3) is 5.92. The van der Waals surface area contributed by atoms with E-state index in [0.717, 1.165) is 58.1 Å². The minimum atomic E-state index is 0.286. The number of carbonyl (C=O) groups excluding carboxylic acids is 1. The van der Waals surface area contributed by atoms with Gasteiger partial charge < -0.3 is 15.5 Å². The van der Waals surface area contributed by atoms with Gasteiger partial charge >= 0.3 is 0 Å². The number of guanidine groups is 1. The summed E-state index contributed by atoms with van der Waals surface area (Å²) in [7, 11) is 0. The van der Waals surface area contributed by atoms with Crippen LogP contribution in [0.1, 0.15) is 31.7 Å². The zero-order chi connectivity index (χ0) is 16.5. The molecule has 0 bridgehead atoms.